The normalized spacial score (nSPS) is 28.3. The van der Waals surface area contributed by atoms with Crippen molar-refractivity contribution in [1.29, 1.82) is 0 Å². The smallest absolute Gasteiger partial charge is 0.0130 e. The van der Waals surface area contributed by atoms with Crippen molar-refractivity contribution in [1.82, 2.24) is 5.32 Å². The predicted octanol–water partition coefficient (Wildman–Crippen LogP) is 4.21. The summed E-state index contributed by atoms with van der Waals surface area (Å²) < 4.78 is 0. The van der Waals surface area contributed by atoms with Crippen molar-refractivity contribution >= 4 is 0 Å². The molecule has 20 heavy (non-hydrogen) atoms. The van der Waals surface area contributed by atoms with E-state index in [0.29, 0.717) is 0 Å². The van der Waals surface area contributed by atoms with E-state index in [0.717, 1.165) is 30.3 Å². The van der Waals surface area contributed by atoms with Crippen molar-refractivity contribution in [3.05, 3.63) is 35.4 Å². The van der Waals surface area contributed by atoms with Gasteiger partial charge in [0, 0.05) is 6.04 Å². The molecule has 1 saturated carbocycles. The molecule has 3 unspecified atom stereocenters. The molecule has 0 heterocycles. The lowest BCUT2D eigenvalue weighted by Gasteiger charge is -2.37. The van der Waals surface area contributed by atoms with E-state index < -0.39 is 0 Å². The minimum absolute atomic E-state index is 0.732. The Morgan fingerprint density at radius 2 is 1.80 bits per heavy atom. The molecule has 1 aromatic carbocycles. The SMILES string of the molecule is CCNC(C1Cc2ccccc2C1)C1CCCC(C)C1. The Kier molecular flexibility index (Phi) is 4.45. The van der Waals surface area contributed by atoms with E-state index in [-0.39, 0.29) is 0 Å². The van der Waals surface area contributed by atoms with Gasteiger partial charge in [-0.05, 0) is 61.1 Å². The topological polar surface area (TPSA) is 12.0 Å². The Morgan fingerprint density at radius 3 is 2.40 bits per heavy atom. The number of hydrogen-bond donors (Lipinski definition) is 1. The number of nitrogens with one attached hydrogen (secondary N) is 1. The second-order valence-corrected chi connectivity index (χ2v) is 7.05. The lowest BCUT2D eigenvalue weighted by atomic mass is 9.74. The zero-order valence-electron chi connectivity index (χ0n) is 13.1. The van der Waals surface area contributed by atoms with Crippen LogP contribution in [0.1, 0.15) is 50.7 Å². The second kappa shape index (κ2) is 6.30. The van der Waals surface area contributed by atoms with E-state index in [1.54, 1.807) is 11.1 Å². The molecular weight excluding hydrogens is 242 g/mol. The molecule has 0 aliphatic heterocycles. The van der Waals surface area contributed by atoms with E-state index >= 15 is 0 Å². The Bertz CT molecular complexity index is 414. The molecule has 0 bridgehead atoms. The molecule has 0 saturated heterocycles. The van der Waals surface area contributed by atoms with Gasteiger partial charge in [0.25, 0.3) is 0 Å². The monoisotopic (exact) mass is 271 g/mol. The van der Waals surface area contributed by atoms with Crippen LogP contribution in [0, 0.1) is 17.8 Å². The molecule has 3 atom stereocenters. The van der Waals surface area contributed by atoms with Gasteiger partial charge in [-0.2, -0.15) is 0 Å². The average Bonchev–Trinajstić information content (AvgIpc) is 2.88. The third kappa shape index (κ3) is 2.93. The van der Waals surface area contributed by atoms with E-state index in [9.17, 15) is 0 Å². The van der Waals surface area contributed by atoms with Crippen LogP contribution in [0.25, 0.3) is 0 Å². The zero-order chi connectivity index (χ0) is 13.9. The molecule has 3 rings (SSSR count). The van der Waals surface area contributed by atoms with Crippen molar-refractivity contribution < 1.29 is 0 Å². The maximum Gasteiger partial charge on any atom is 0.0130 e. The summed E-state index contributed by atoms with van der Waals surface area (Å²) in [6, 6.07) is 9.80. The van der Waals surface area contributed by atoms with E-state index in [1.165, 1.54) is 38.5 Å². The molecule has 2 aliphatic carbocycles. The van der Waals surface area contributed by atoms with Crippen molar-refractivity contribution in [3.8, 4) is 0 Å². The van der Waals surface area contributed by atoms with Crippen LogP contribution in [0.5, 0.6) is 0 Å². The van der Waals surface area contributed by atoms with Crippen molar-refractivity contribution in [2.45, 2.75) is 58.4 Å². The molecule has 1 N–H and O–H groups in total. The van der Waals surface area contributed by atoms with Gasteiger partial charge in [-0.15, -0.1) is 0 Å². The predicted molar refractivity (Wildman–Crippen MR) is 85.9 cm³/mol. The van der Waals surface area contributed by atoms with Crippen LogP contribution >= 0.6 is 0 Å². The molecule has 1 fully saturated rings. The highest BCUT2D eigenvalue weighted by molar-refractivity contribution is 5.32. The maximum absolute atomic E-state index is 3.85. The van der Waals surface area contributed by atoms with Gasteiger partial charge in [0.2, 0.25) is 0 Å². The van der Waals surface area contributed by atoms with Crippen LogP contribution in [0.3, 0.4) is 0 Å². The van der Waals surface area contributed by atoms with Gasteiger partial charge in [0.15, 0.2) is 0 Å². The van der Waals surface area contributed by atoms with Gasteiger partial charge in [-0.3, -0.25) is 0 Å². The van der Waals surface area contributed by atoms with Crippen molar-refractivity contribution in [2.24, 2.45) is 17.8 Å². The maximum atomic E-state index is 3.85. The van der Waals surface area contributed by atoms with Crippen LogP contribution < -0.4 is 5.32 Å². The van der Waals surface area contributed by atoms with E-state index in [4.69, 9.17) is 0 Å². The lowest BCUT2D eigenvalue weighted by molar-refractivity contribution is 0.180. The highest BCUT2D eigenvalue weighted by Crippen LogP contribution is 2.37. The summed E-state index contributed by atoms with van der Waals surface area (Å²) in [6.45, 7) is 5.82. The fourth-order valence-corrected chi connectivity index (χ4v) is 4.61. The lowest BCUT2D eigenvalue weighted by Crippen LogP contribution is -2.44. The van der Waals surface area contributed by atoms with Gasteiger partial charge in [0.1, 0.15) is 0 Å². The number of benzene rings is 1. The summed E-state index contributed by atoms with van der Waals surface area (Å²) in [5, 5.41) is 3.85. The number of rotatable bonds is 4. The first-order valence-electron chi connectivity index (χ1n) is 8.58. The zero-order valence-corrected chi connectivity index (χ0v) is 13.1. The summed E-state index contributed by atoms with van der Waals surface area (Å²) in [5.41, 5.74) is 3.20. The Balaban J connectivity index is 1.72. The summed E-state index contributed by atoms with van der Waals surface area (Å²) in [4.78, 5) is 0. The summed E-state index contributed by atoms with van der Waals surface area (Å²) in [5.74, 6) is 2.65. The number of fused-ring (bicyclic) bond motifs is 1. The van der Waals surface area contributed by atoms with Crippen molar-refractivity contribution in [2.75, 3.05) is 6.54 Å². The first kappa shape index (κ1) is 14.1. The number of hydrogen-bond acceptors (Lipinski definition) is 1. The fraction of sp³-hybridized carbons (Fsp3) is 0.684. The molecule has 1 nitrogen and oxygen atoms in total. The summed E-state index contributed by atoms with van der Waals surface area (Å²) >= 11 is 0. The molecule has 0 radical (unpaired) electrons. The molecule has 0 amide bonds. The highest BCUT2D eigenvalue weighted by atomic mass is 14.9. The molecule has 0 aromatic heterocycles. The van der Waals surface area contributed by atoms with Crippen LogP contribution in [-0.2, 0) is 12.8 Å². The summed E-state index contributed by atoms with van der Waals surface area (Å²) in [6.07, 6.45) is 8.34. The largest absolute Gasteiger partial charge is 0.314 e. The van der Waals surface area contributed by atoms with Crippen LogP contribution in [0.4, 0.5) is 0 Å². The average molecular weight is 271 g/mol. The second-order valence-electron chi connectivity index (χ2n) is 7.05. The van der Waals surface area contributed by atoms with Gasteiger partial charge >= 0.3 is 0 Å². The third-order valence-corrected chi connectivity index (χ3v) is 5.52. The van der Waals surface area contributed by atoms with E-state index in [1.807, 2.05) is 0 Å². The Hall–Kier alpha value is -0.820. The first-order valence-corrected chi connectivity index (χ1v) is 8.58. The quantitative estimate of drug-likeness (QED) is 0.865. The Morgan fingerprint density at radius 1 is 1.10 bits per heavy atom. The molecule has 1 heteroatoms. The van der Waals surface area contributed by atoms with Crippen LogP contribution in [0.2, 0.25) is 0 Å². The highest BCUT2D eigenvalue weighted by Gasteiger charge is 2.34. The van der Waals surface area contributed by atoms with Gasteiger partial charge in [0.05, 0.1) is 0 Å². The van der Waals surface area contributed by atoms with Crippen LogP contribution in [0.15, 0.2) is 24.3 Å². The van der Waals surface area contributed by atoms with Gasteiger partial charge in [-0.25, -0.2) is 0 Å². The molecule has 0 spiro atoms. The van der Waals surface area contributed by atoms with Crippen LogP contribution in [-0.4, -0.2) is 12.6 Å². The molecule has 2 aliphatic rings. The molecular formula is C19H29N. The van der Waals surface area contributed by atoms with Gasteiger partial charge in [-0.1, -0.05) is 51.0 Å². The van der Waals surface area contributed by atoms with Gasteiger partial charge < -0.3 is 5.32 Å². The standard InChI is InChI=1S/C19H29N/c1-3-20-19(17-10-6-7-14(2)11-17)18-12-15-8-4-5-9-16(15)13-18/h4-5,8-9,14,17-20H,3,6-7,10-13H2,1-2H3. The fourth-order valence-electron chi connectivity index (χ4n) is 4.61. The minimum atomic E-state index is 0.732. The molecule has 110 valence electrons. The van der Waals surface area contributed by atoms with Crippen molar-refractivity contribution in [3.63, 3.8) is 0 Å². The summed E-state index contributed by atoms with van der Waals surface area (Å²) in [7, 11) is 0. The third-order valence-electron chi connectivity index (χ3n) is 5.52. The minimum Gasteiger partial charge on any atom is -0.314 e. The molecule has 1 aromatic rings. The Labute approximate surface area is 124 Å². The first-order chi connectivity index (χ1) is 9.78. The van der Waals surface area contributed by atoms with E-state index in [2.05, 4.69) is 43.4 Å².